The van der Waals surface area contributed by atoms with Gasteiger partial charge in [0.25, 0.3) is 0 Å². The minimum atomic E-state index is -0.183. The molecule has 1 aromatic rings. The second kappa shape index (κ2) is 7.53. The number of halogens is 2. The van der Waals surface area contributed by atoms with Crippen molar-refractivity contribution in [2.24, 2.45) is 11.7 Å². The molecule has 0 heterocycles. The second-order valence-corrected chi connectivity index (χ2v) is 6.51. The normalized spacial score (nSPS) is 23.2. The van der Waals surface area contributed by atoms with Gasteiger partial charge in [0.2, 0.25) is 0 Å². The minimum Gasteiger partial charge on any atom is -0.330 e. The second-order valence-electron chi connectivity index (χ2n) is 5.66. The Kier molecular flexibility index (Phi) is 6.00. The standard InChI is InChI=1S/C16H24BrFN2/c1-2-20(16-6-4-3-5-13(16)10-19)11-12-7-8-14(17)15(18)9-12/h7-9,13,16H,2-6,10-11,19H2,1H3. The molecule has 1 fully saturated rings. The Morgan fingerprint density at radius 2 is 2.10 bits per heavy atom. The van der Waals surface area contributed by atoms with Gasteiger partial charge in [-0.15, -0.1) is 0 Å². The van der Waals surface area contributed by atoms with Crippen molar-refractivity contribution in [3.05, 3.63) is 34.1 Å². The summed E-state index contributed by atoms with van der Waals surface area (Å²) in [6, 6.07) is 5.97. The van der Waals surface area contributed by atoms with E-state index < -0.39 is 0 Å². The molecule has 0 aromatic heterocycles. The molecule has 0 bridgehead atoms. The molecular weight excluding hydrogens is 319 g/mol. The smallest absolute Gasteiger partial charge is 0.137 e. The molecule has 1 aliphatic rings. The largest absolute Gasteiger partial charge is 0.330 e. The van der Waals surface area contributed by atoms with Crippen molar-refractivity contribution in [1.29, 1.82) is 0 Å². The highest BCUT2D eigenvalue weighted by Gasteiger charge is 2.28. The van der Waals surface area contributed by atoms with E-state index in [0.29, 0.717) is 16.4 Å². The van der Waals surface area contributed by atoms with Crippen LogP contribution in [0, 0.1) is 11.7 Å². The van der Waals surface area contributed by atoms with E-state index in [9.17, 15) is 4.39 Å². The van der Waals surface area contributed by atoms with Gasteiger partial charge in [-0.2, -0.15) is 0 Å². The molecule has 20 heavy (non-hydrogen) atoms. The Labute approximate surface area is 129 Å². The van der Waals surface area contributed by atoms with Gasteiger partial charge in [-0.3, -0.25) is 4.90 Å². The average Bonchev–Trinajstić information content (AvgIpc) is 2.48. The maximum atomic E-state index is 13.6. The molecule has 0 aliphatic heterocycles. The third kappa shape index (κ3) is 3.80. The highest BCUT2D eigenvalue weighted by molar-refractivity contribution is 9.10. The van der Waals surface area contributed by atoms with Crippen molar-refractivity contribution in [2.45, 2.75) is 45.2 Å². The first-order valence-electron chi connectivity index (χ1n) is 7.53. The summed E-state index contributed by atoms with van der Waals surface area (Å²) in [4.78, 5) is 2.46. The molecule has 0 radical (unpaired) electrons. The van der Waals surface area contributed by atoms with Crippen LogP contribution in [0.4, 0.5) is 4.39 Å². The first-order chi connectivity index (χ1) is 9.65. The lowest BCUT2D eigenvalue weighted by Crippen LogP contribution is -2.44. The molecule has 0 saturated heterocycles. The van der Waals surface area contributed by atoms with Gasteiger partial charge >= 0.3 is 0 Å². The summed E-state index contributed by atoms with van der Waals surface area (Å²) in [5.41, 5.74) is 6.97. The lowest BCUT2D eigenvalue weighted by atomic mass is 9.83. The first-order valence-corrected chi connectivity index (χ1v) is 8.33. The zero-order valence-electron chi connectivity index (χ0n) is 12.1. The van der Waals surface area contributed by atoms with E-state index in [0.717, 1.165) is 25.2 Å². The number of nitrogens with zero attached hydrogens (tertiary/aromatic N) is 1. The predicted octanol–water partition coefficient (Wildman–Crippen LogP) is 3.93. The van der Waals surface area contributed by atoms with Crippen LogP contribution in [-0.4, -0.2) is 24.0 Å². The van der Waals surface area contributed by atoms with Gasteiger partial charge in [0.15, 0.2) is 0 Å². The van der Waals surface area contributed by atoms with E-state index in [1.165, 1.54) is 25.7 Å². The molecule has 4 heteroatoms. The molecule has 1 aliphatic carbocycles. The fourth-order valence-corrected chi connectivity index (χ4v) is 3.53. The van der Waals surface area contributed by atoms with Crippen molar-refractivity contribution in [2.75, 3.05) is 13.1 Å². The van der Waals surface area contributed by atoms with E-state index in [1.807, 2.05) is 6.07 Å². The topological polar surface area (TPSA) is 29.3 Å². The number of nitrogens with two attached hydrogens (primary N) is 1. The maximum Gasteiger partial charge on any atom is 0.137 e. The monoisotopic (exact) mass is 342 g/mol. The van der Waals surface area contributed by atoms with Gasteiger partial charge in [-0.25, -0.2) is 4.39 Å². The van der Waals surface area contributed by atoms with E-state index in [1.54, 1.807) is 12.1 Å². The molecule has 0 spiro atoms. The zero-order valence-corrected chi connectivity index (χ0v) is 13.7. The third-order valence-electron chi connectivity index (χ3n) is 4.42. The van der Waals surface area contributed by atoms with Crippen LogP contribution < -0.4 is 5.73 Å². The molecular formula is C16H24BrFN2. The Balaban J connectivity index is 2.09. The van der Waals surface area contributed by atoms with Crippen molar-refractivity contribution in [3.63, 3.8) is 0 Å². The number of hydrogen-bond donors (Lipinski definition) is 1. The fourth-order valence-electron chi connectivity index (χ4n) is 3.28. The lowest BCUT2D eigenvalue weighted by Gasteiger charge is -2.39. The number of rotatable bonds is 5. The zero-order chi connectivity index (χ0) is 14.5. The maximum absolute atomic E-state index is 13.6. The van der Waals surface area contributed by atoms with Crippen molar-refractivity contribution >= 4 is 15.9 Å². The van der Waals surface area contributed by atoms with Gasteiger partial charge in [0.05, 0.1) is 4.47 Å². The van der Waals surface area contributed by atoms with Gasteiger partial charge in [-0.1, -0.05) is 25.8 Å². The van der Waals surface area contributed by atoms with Crippen LogP contribution in [-0.2, 0) is 6.54 Å². The summed E-state index contributed by atoms with van der Waals surface area (Å²) >= 11 is 3.20. The summed E-state index contributed by atoms with van der Waals surface area (Å²) in [6.07, 6.45) is 5.02. The molecule has 2 N–H and O–H groups in total. The first kappa shape index (κ1) is 15.9. The average molecular weight is 343 g/mol. The summed E-state index contributed by atoms with van der Waals surface area (Å²) < 4.78 is 14.2. The summed E-state index contributed by atoms with van der Waals surface area (Å²) in [6.45, 7) is 4.73. The van der Waals surface area contributed by atoms with Crippen LogP contribution >= 0.6 is 15.9 Å². The summed E-state index contributed by atoms with van der Waals surface area (Å²) in [5, 5.41) is 0. The van der Waals surface area contributed by atoms with Crippen LogP contribution in [0.15, 0.2) is 22.7 Å². The molecule has 0 amide bonds. The van der Waals surface area contributed by atoms with Gasteiger partial charge < -0.3 is 5.73 Å². The summed E-state index contributed by atoms with van der Waals surface area (Å²) in [7, 11) is 0. The highest BCUT2D eigenvalue weighted by Crippen LogP contribution is 2.29. The molecule has 2 unspecified atom stereocenters. The SMILES string of the molecule is CCN(Cc1ccc(Br)c(F)c1)C1CCCCC1CN. The number of benzene rings is 1. The third-order valence-corrected chi connectivity index (χ3v) is 5.06. The van der Waals surface area contributed by atoms with E-state index in [-0.39, 0.29) is 5.82 Å². The molecule has 2 atom stereocenters. The van der Waals surface area contributed by atoms with Crippen LogP contribution in [0.3, 0.4) is 0 Å². The molecule has 1 saturated carbocycles. The van der Waals surface area contributed by atoms with E-state index in [4.69, 9.17) is 5.73 Å². The van der Waals surface area contributed by atoms with Crippen molar-refractivity contribution < 1.29 is 4.39 Å². The van der Waals surface area contributed by atoms with E-state index in [2.05, 4.69) is 27.8 Å². The molecule has 1 aromatic carbocycles. The summed E-state index contributed by atoms with van der Waals surface area (Å²) in [5.74, 6) is 0.404. The van der Waals surface area contributed by atoms with Crippen LogP contribution in [0.1, 0.15) is 38.2 Å². The Hall–Kier alpha value is -0.450. The van der Waals surface area contributed by atoms with Gasteiger partial charge in [0.1, 0.15) is 5.82 Å². The molecule has 2 rings (SSSR count). The van der Waals surface area contributed by atoms with Crippen molar-refractivity contribution in [3.8, 4) is 0 Å². The van der Waals surface area contributed by atoms with Crippen molar-refractivity contribution in [1.82, 2.24) is 4.90 Å². The Bertz CT molecular complexity index is 438. The lowest BCUT2D eigenvalue weighted by molar-refractivity contribution is 0.105. The van der Waals surface area contributed by atoms with Gasteiger partial charge in [-0.05, 0) is 65.5 Å². The van der Waals surface area contributed by atoms with Crippen LogP contribution in [0.5, 0.6) is 0 Å². The number of hydrogen-bond acceptors (Lipinski definition) is 2. The Morgan fingerprint density at radius 3 is 2.75 bits per heavy atom. The van der Waals surface area contributed by atoms with Crippen LogP contribution in [0.25, 0.3) is 0 Å². The Morgan fingerprint density at radius 1 is 1.35 bits per heavy atom. The predicted molar refractivity (Wildman–Crippen MR) is 85.0 cm³/mol. The fraction of sp³-hybridized carbons (Fsp3) is 0.625. The minimum absolute atomic E-state index is 0.183. The van der Waals surface area contributed by atoms with Gasteiger partial charge in [0, 0.05) is 12.6 Å². The molecule has 2 nitrogen and oxygen atoms in total. The van der Waals surface area contributed by atoms with E-state index >= 15 is 0 Å². The van der Waals surface area contributed by atoms with Crippen LogP contribution in [0.2, 0.25) is 0 Å². The highest BCUT2D eigenvalue weighted by atomic mass is 79.9. The quantitative estimate of drug-likeness (QED) is 0.878. The molecule has 112 valence electrons.